The Kier molecular flexibility index (Phi) is 4.24. The van der Waals surface area contributed by atoms with Gasteiger partial charge < -0.3 is 5.32 Å². The molecule has 20 heavy (non-hydrogen) atoms. The van der Waals surface area contributed by atoms with E-state index in [1.165, 1.54) is 0 Å². The highest BCUT2D eigenvalue weighted by molar-refractivity contribution is 7.92. The summed E-state index contributed by atoms with van der Waals surface area (Å²) in [4.78, 5) is 4.28. The van der Waals surface area contributed by atoms with Gasteiger partial charge >= 0.3 is 0 Å². The first kappa shape index (κ1) is 14.3. The molecule has 0 radical (unpaired) electrons. The van der Waals surface area contributed by atoms with Crippen LogP contribution in [0.3, 0.4) is 0 Å². The van der Waals surface area contributed by atoms with Gasteiger partial charge in [0.15, 0.2) is 0 Å². The molecule has 2 rings (SSSR count). The number of anilines is 2. The van der Waals surface area contributed by atoms with Crippen molar-refractivity contribution in [2.24, 2.45) is 0 Å². The number of benzene rings is 1. The van der Waals surface area contributed by atoms with Crippen molar-refractivity contribution in [1.82, 2.24) is 4.98 Å². The van der Waals surface area contributed by atoms with E-state index in [-0.39, 0.29) is 4.90 Å². The second-order valence-corrected chi connectivity index (χ2v) is 5.97. The lowest BCUT2D eigenvalue weighted by Gasteiger charge is -2.13. The Balaban J connectivity index is 2.36. The van der Waals surface area contributed by atoms with E-state index in [4.69, 9.17) is 0 Å². The van der Waals surface area contributed by atoms with Gasteiger partial charge in [0.2, 0.25) is 0 Å². The lowest BCUT2D eigenvalue weighted by atomic mass is 10.3. The monoisotopic (exact) mass is 291 g/mol. The van der Waals surface area contributed by atoms with Gasteiger partial charge in [0, 0.05) is 18.4 Å². The molecule has 2 N–H and O–H groups in total. The summed E-state index contributed by atoms with van der Waals surface area (Å²) in [6, 6.07) is 10.1. The van der Waals surface area contributed by atoms with Crippen molar-refractivity contribution in [3.8, 4) is 0 Å². The first-order valence-electron chi connectivity index (χ1n) is 6.31. The maximum Gasteiger partial charge on any atom is 0.263 e. The second kappa shape index (κ2) is 5.92. The van der Waals surface area contributed by atoms with Crippen LogP contribution in [0.1, 0.15) is 12.6 Å². The Bertz CT molecular complexity index is 699. The molecule has 2 aromatic rings. The number of hydrogen-bond donors (Lipinski definition) is 2. The van der Waals surface area contributed by atoms with Crippen LogP contribution in [-0.2, 0) is 10.0 Å². The second-order valence-electron chi connectivity index (χ2n) is 4.32. The van der Waals surface area contributed by atoms with E-state index >= 15 is 0 Å². The Morgan fingerprint density at radius 2 is 1.95 bits per heavy atom. The molecule has 0 spiro atoms. The van der Waals surface area contributed by atoms with Crippen molar-refractivity contribution in [1.29, 1.82) is 0 Å². The Morgan fingerprint density at radius 1 is 1.20 bits per heavy atom. The summed E-state index contributed by atoms with van der Waals surface area (Å²) in [5.74, 6) is 0. The van der Waals surface area contributed by atoms with Crippen LogP contribution in [0.5, 0.6) is 0 Å². The number of rotatable bonds is 5. The van der Waals surface area contributed by atoms with Gasteiger partial charge in [-0.2, -0.15) is 0 Å². The molecule has 0 aliphatic rings. The fourth-order valence-electron chi connectivity index (χ4n) is 1.86. The molecule has 106 valence electrons. The minimum Gasteiger partial charge on any atom is -0.384 e. The minimum atomic E-state index is -3.62. The van der Waals surface area contributed by atoms with Crippen LogP contribution in [0.4, 0.5) is 11.4 Å². The molecule has 0 bridgehead atoms. The minimum absolute atomic E-state index is 0.233. The zero-order valence-corrected chi connectivity index (χ0v) is 12.2. The van der Waals surface area contributed by atoms with Gasteiger partial charge in [0.05, 0.1) is 11.4 Å². The van der Waals surface area contributed by atoms with Crippen LogP contribution < -0.4 is 10.0 Å². The molecule has 0 aliphatic heterocycles. The van der Waals surface area contributed by atoms with Crippen molar-refractivity contribution < 1.29 is 8.42 Å². The normalized spacial score (nSPS) is 11.1. The summed E-state index contributed by atoms with van der Waals surface area (Å²) in [5.41, 5.74) is 1.85. The molecule has 0 unspecified atom stereocenters. The van der Waals surface area contributed by atoms with Crippen LogP contribution in [-0.4, -0.2) is 19.9 Å². The summed E-state index contributed by atoms with van der Waals surface area (Å²) in [6.45, 7) is 4.38. The molecule has 0 saturated carbocycles. The third-order valence-corrected chi connectivity index (χ3v) is 4.13. The molecule has 0 saturated heterocycles. The van der Waals surface area contributed by atoms with Gasteiger partial charge in [-0.25, -0.2) is 8.42 Å². The van der Waals surface area contributed by atoms with Gasteiger partial charge in [0.1, 0.15) is 4.90 Å². The molecule has 6 heteroatoms. The maximum absolute atomic E-state index is 12.4. The standard InChI is InChI=1S/C14H17N3O2S/c1-3-15-13-6-4-5-7-14(13)20(18,19)17-12-8-9-16-11(2)10-12/h4-10,15H,3H2,1-2H3,(H,16,17). The Labute approximate surface area is 119 Å². The predicted molar refractivity (Wildman–Crippen MR) is 80.4 cm³/mol. The van der Waals surface area contributed by atoms with Crippen molar-refractivity contribution in [2.45, 2.75) is 18.7 Å². The van der Waals surface area contributed by atoms with Crippen LogP contribution in [0.15, 0.2) is 47.5 Å². The molecular weight excluding hydrogens is 274 g/mol. The van der Waals surface area contributed by atoms with Crippen molar-refractivity contribution in [3.63, 3.8) is 0 Å². The summed E-state index contributed by atoms with van der Waals surface area (Å²) < 4.78 is 27.4. The van der Waals surface area contributed by atoms with E-state index in [2.05, 4.69) is 15.0 Å². The number of sulfonamides is 1. The van der Waals surface area contributed by atoms with Crippen LogP contribution in [0, 0.1) is 6.92 Å². The summed E-state index contributed by atoms with van der Waals surface area (Å²) in [6.07, 6.45) is 1.57. The van der Waals surface area contributed by atoms with E-state index < -0.39 is 10.0 Å². The average molecular weight is 291 g/mol. The first-order valence-corrected chi connectivity index (χ1v) is 7.79. The molecule has 0 amide bonds. The van der Waals surface area contributed by atoms with Gasteiger partial charge in [-0.05, 0) is 38.1 Å². The number of nitrogens with zero attached hydrogens (tertiary/aromatic N) is 1. The molecule has 0 atom stereocenters. The molecule has 5 nitrogen and oxygen atoms in total. The van der Waals surface area contributed by atoms with Crippen molar-refractivity contribution in [2.75, 3.05) is 16.6 Å². The molecule has 0 aliphatic carbocycles. The highest BCUT2D eigenvalue weighted by atomic mass is 32.2. The van der Waals surface area contributed by atoms with E-state index in [0.717, 1.165) is 5.69 Å². The number of pyridine rings is 1. The summed E-state index contributed by atoms with van der Waals surface area (Å²) in [5, 5.41) is 3.05. The highest BCUT2D eigenvalue weighted by Crippen LogP contribution is 2.23. The summed E-state index contributed by atoms with van der Waals surface area (Å²) in [7, 11) is -3.62. The molecule has 1 heterocycles. The van der Waals surface area contributed by atoms with E-state index in [0.29, 0.717) is 17.9 Å². The average Bonchev–Trinajstić information content (AvgIpc) is 2.39. The number of para-hydroxylation sites is 1. The summed E-state index contributed by atoms with van der Waals surface area (Å²) >= 11 is 0. The van der Waals surface area contributed by atoms with Gasteiger partial charge in [-0.3, -0.25) is 9.71 Å². The lowest BCUT2D eigenvalue weighted by Crippen LogP contribution is -2.15. The predicted octanol–water partition coefficient (Wildman–Crippen LogP) is 2.62. The van der Waals surface area contributed by atoms with Crippen LogP contribution in [0.2, 0.25) is 0 Å². The van der Waals surface area contributed by atoms with Crippen molar-refractivity contribution in [3.05, 3.63) is 48.3 Å². The third kappa shape index (κ3) is 3.27. The highest BCUT2D eigenvalue weighted by Gasteiger charge is 2.18. The largest absolute Gasteiger partial charge is 0.384 e. The quantitative estimate of drug-likeness (QED) is 0.888. The lowest BCUT2D eigenvalue weighted by molar-refractivity contribution is 0.601. The number of hydrogen-bond acceptors (Lipinski definition) is 4. The topological polar surface area (TPSA) is 71.1 Å². The van der Waals surface area contributed by atoms with Gasteiger partial charge in [-0.1, -0.05) is 12.1 Å². The Hall–Kier alpha value is -2.08. The fourth-order valence-corrected chi connectivity index (χ4v) is 3.09. The molecule has 1 aromatic heterocycles. The first-order chi connectivity index (χ1) is 9.53. The smallest absolute Gasteiger partial charge is 0.263 e. The number of aromatic nitrogens is 1. The van der Waals surface area contributed by atoms with Crippen LogP contribution >= 0.6 is 0 Å². The van der Waals surface area contributed by atoms with Gasteiger partial charge in [-0.15, -0.1) is 0 Å². The number of nitrogens with one attached hydrogen (secondary N) is 2. The molecule has 1 aromatic carbocycles. The molecular formula is C14H17N3O2S. The zero-order valence-electron chi connectivity index (χ0n) is 11.4. The zero-order chi connectivity index (χ0) is 14.6. The Morgan fingerprint density at radius 3 is 2.65 bits per heavy atom. The number of aryl methyl sites for hydroxylation is 1. The third-order valence-electron chi connectivity index (χ3n) is 2.69. The van der Waals surface area contributed by atoms with Crippen molar-refractivity contribution >= 4 is 21.4 Å². The van der Waals surface area contributed by atoms with E-state index in [9.17, 15) is 8.42 Å². The van der Waals surface area contributed by atoms with Gasteiger partial charge in [0.25, 0.3) is 10.0 Å². The van der Waals surface area contributed by atoms with E-state index in [1.54, 1.807) is 42.6 Å². The maximum atomic E-state index is 12.4. The fraction of sp³-hybridized carbons (Fsp3) is 0.214. The molecule has 0 fully saturated rings. The van der Waals surface area contributed by atoms with E-state index in [1.807, 2.05) is 13.8 Å². The SMILES string of the molecule is CCNc1ccccc1S(=O)(=O)Nc1ccnc(C)c1. The van der Waals surface area contributed by atoms with Crippen LogP contribution in [0.25, 0.3) is 0 Å².